The lowest BCUT2D eigenvalue weighted by Gasteiger charge is -2.35. The fourth-order valence-corrected chi connectivity index (χ4v) is 5.51. The molecule has 1 aliphatic heterocycles. The number of carbonyl (C=O) groups is 2. The number of rotatable bonds is 4. The Morgan fingerprint density at radius 2 is 2.04 bits per heavy atom. The van der Waals surface area contributed by atoms with E-state index in [1.54, 1.807) is 12.1 Å². The zero-order valence-corrected chi connectivity index (χ0v) is 14.9. The van der Waals surface area contributed by atoms with Crippen LogP contribution in [0.3, 0.4) is 0 Å². The molecule has 3 rings (SSSR count). The molecule has 0 aliphatic carbocycles. The first-order valence-electron chi connectivity index (χ1n) is 7.48. The van der Waals surface area contributed by atoms with E-state index in [9.17, 15) is 18.0 Å². The Labute approximate surface area is 149 Å². The first-order valence-corrected chi connectivity index (χ1v) is 9.80. The number of carboxylic acids is 1. The van der Waals surface area contributed by atoms with Gasteiger partial charge >= 0.3 is 5.97 Å². The second kappa shape index (κ2) is 6.49. The highest BCUT2D eigenvalue weighted by Gasteiger charge is 2.34. The molecule has 1 atom stereocenters. The number of hydrogen-bond acceptors (Lipinski definition) is 5. The van der Waals surface area contributed by atoms with Crippen LogP contribution in [-0.2, 0) is 21.2 Å². The van der Waals surface area contributed by atoms with Crippen LogP contribution in [0.5, 0.6) is 0 Å². The van der Waals surface area contributed by atoms with E-state index in [1.807, 2.05) is 12.1 Å². The minimum Gasteiger partial charge on any atom is -0.477 e. The molecule has 2 aromatic rings. The van der Waals surface area contributed by atoms with E-state index in [-0.39, 0.29) is 28.3 Å². The highest BCUT2D eigenvalue weighted by molar-refractivity contribution is 7.93. The average molecular weight is 380 g/mol. The number of aromatic carboxylic acids is 1. The number of hydrogen-bond donors (Lipinski definition) is 2. The summed E-state index contributed by atoms with van der Waals surface area (Å²) in [7, 11) is -3.93. The molecule has 1 aromatic heterocycles. The van der Waals surface area contributed by atoms with Crippen molar-refractivity contribution in [2.45, 2.75) is 24.3 Å². The molecule has 9 heteroatoms. The van der Waals surface area contributed by atoms with Crippen LogP contribution in [0.1, 0.15) is 22.2 Å². The summed E-state index contributed by atoms with van der Waals surface area (Å²) < 4.78 is 27.3. The van der Waals surface area contributed by atoms with Crippen LogP contribution in [0.25, 0.3) is 0 Å². The summed E-state index contributed by atoms with van der Waals surface area (Å²) >= 11 is 0.866. The Balaban J connectivity index is 2.03. The molecule has 0 saturated carbocycles. The molecule has 1 unspecified atom stereocenters. The van der Waals surface area contributed by atoms with Crippen LogP contribution in [0.2, 0.25) is 0 Å². The van der Waals surface area contributed by atoms with Gasteiger partial charge in [0.15, 0.2) is 0 Å². The molecule has 25 heavy (non-hydrogen) atoms. The zero-order valence-electron chi connectivity index (χ0n) is 13.3. The van der Waals surface area contributed by atoms with Gasteiger partial charge in [0.05, 0.1) is 23.2 Å². The van der Waals surface area contributed by atoms with Gasteiger partial charge in [0.2, 0.25) is 5.91 Å². The minimum absolute atomic E-state index is 0.0396. The molecule has 0 fully saturated rings. The quantitative estimate of drug-likeness (QED) is 0.840. The number of carbonyl (C=O) groups excluding carboxylic acids is 1. The van der Waals surface area contributed by atoms with Crippen LogP contribution in [0.15, 0.2) is 40.6 Å². The normalized spacial score (nSPS) is 17.0. The van der Waals surface area contributed by atoms with Crippen molar-refractivity contribution in [3.8, 4) is 0 Å². The second-order valence-corrected chi connectivity index (χ2v) is 8.49. The van der Waals surface area contributed by atoms with Crippen LogP contribution in [-0.4, -0.2) is 38.0 Å². The van der Waals surface area contributed by atoms with E-state index in [0.717, 1.165) is 23.0 Å². The first-order chi connectivity index (χ1) is 11.8. The summed E-state index contributed by atoms with van der Waals surface area (Å²) in [5.41, 5.74) is 1.36. The van der Waals surface area contributed by atoms with Gasteiger partial charge in [0.25, 0.3) is 10.0 Å². The third kappa shape index (κ3) is 3.38. The Bertz CT molecular complexity index is 936. The number of benzene rings is 1. The Morgan fingerprint density at radius 1 is 1.32 bits per heavy atom. The Hall–Kier alpha value is -2.39. The van der Waals surface area contributed by atoms with Crippen molar-refractivity contribution in [1.82, 2.24) is 5.32 Å². The van der Waals surface area contributed by atoms with Crippen LogP contribution in [0.4, 0.5) is 5.69 Å². The Morgan fingerprint density at radius 3 is 2.68 bits per heavy atom. The molecule has 2 heterocycles. The summed E-state index contributed by atoms with van der Waals surface area (Å²) in [6.07, 6.45) is 0.534. The van der Waals surface area contributed by atoms with Gasteiger partial charge in [-0.25, -0.2) is 13.2 Å². The summed E-state index contributed by atoms with van der Waals surface area (Å²) in [5.74, 6) is -1.40. The highest BCUT2D eigenvalue weighted by Crippen LogP contribution is 2.33. The molecule has 0 bridgehead atoms. The predicted octanol–water partition coefficient (Wildman–Crippen LogP) is 1.70. The van der Waals surface area contributed by atoms with Crippen LogP contribution < -0.4 is 9.62 Å². The van der Waals surface area contributed by atoms with E-state index in [2.05, 4.69) is 5.32 Å². The van der Waals surface area contributed by atoms with Crippen LogP contribution >= 0.6 is 11.3 Å². The molecule has 132 valence electrons. The molecule has 0 saturated heterocycles. The number of sulfonamides is 1. The highest BCUT2D eigenvalue weighted by atomic mass is 32.2. The SMILES string of the molecule is CC(=O)NC1Cc2ccccc2N(S(=O)(=O)c2csc(C(=O)O)c2)C1. The van der Waals surface area contributed by atoms with Crippen LogP contribution in [0, 0.1) is 0 Å². The van der Waals surface area contributed by atoms with Gasteiger partial charge in [-0.3, -0.25) is 9.10 Å². The maximum absolute atomic E-state index is 13.0. The summed E-state index contributed by atoms with van der Waals surface area (Å²) in [6.45, 7) is 1.48. The molecule has 1 aliphatic rings. The maximum atomic E-state index is 13.0. The molecule has 7 nitrogen and oxygen atoms in total. The lowest BCUT2D eigenvalue weighted by Crippen LogP contribution is -2.49. The van der Waals surface area contributed by atoms with Gasteiger partial charge in [0.1, 0.15) is 4.88 Å². The molecule has 0 radical (unpaired) electrons. The molecule has 2 N–H and O–H groups in total. The average Bonchev–Trinajstić information content (AvgIpc) is 3.04. The van der Waals surface area contributed by atoms with E-state index in [4.69, 9.17) is 5.11 Å². The van der Waals surface area contributed by atoms with Gasteiger partial charge < -0.3 is 10.4 Å². The largest absolute Gasteiger partial charge is 0.477 e. The van der Waals surface area contributed by atoms with Crippen molar-refractivity contribution < 1.29 is 23.1 Å². The summed E-state index contributed by atoms with van der Waals surface area (Å²) in [4.78, 5) is 22.3. The molecular weight excluding hydrogens is 364 g/mol. The number of para-hydroxylation sites is 1. The van der Waals surface area contributed by atoms with E-state index >= 15 is 0 Å². The summed E-state index contributed by atoms with van der Waals surface area (Å²) in [5, 5.41) is 13.1. The number of nitrogens with one attached hydrogen (secondary N) is 1. The topological polar surface area (TPSA) is 104 Å². The van der Waals surface area contributed by atoms with Gasteiger partial charge in [-0.05, 0) is 24.1 Å². The number of fused-ring (bicyclic) bond motifs is 1. The van der Waals surface area contributed by atoms with Crippen molar-refractivity contribution in [2.75, 3.05) is 10.8 Å². The third-order valence-electron chi connectivity index (χ3n) is 3.89. The molecular formula is C16H16N2O5S2. The van der Waals surface area contributed by atoms with E-state index < -0.39 is 16.0 Å². The minimum atomic E-state index is -3.93. The monoisotopic (exact) mass is 380 g/mol. The van der Waals surface area contributed by atoms with Crippen molar-refractivity contribution in [1.29, 1.82) is 0 Å². The van der Waals surface area contributed by atoms with Gasteiger partial charge in [-0.1, -0.05) is 18.2 Å². The molecule has 1 aromatic carbocycles. The lowest BCUT2D eigenvalue weighted by molar-refractivity contribution is -0.119. The predicted molar refractivity (Wildman–Crippen MR) is 93.6 cm³/mol. The number of anilines is 1. The van der Waals surface area contributed by atoms with Crippen molar-refractivity contribution >= 4 is 38.9 Å². The first kappa shape index (κ1) is 17.4. The number of thiophene rings is 1. The van der Waals surface area contributed by atoms with Gasteiger partial charge in [-0.15, -0.1) is 11.3 Å². The van der Waals surface area contributed by atoms with E-state index in [0.29, 0.717) is 12.1 Å². The number of amides is 1. The van der Waals surface area contributed by atoms with Crippen molar-refractivity contribution in [2.24, 2.45) is 0 Å². The zero-order chi connectivity index (χ0) is 18.2. The number of carboxylic acid groups (broad SMARTS) is 1. The fraction of sp³-hybridized carbons (Fsp3) is 0.250. The van der Waals surface area contributed by atoms with Crippen molar-refractivity contribution in [3.05, 3.63) is 46.2 Å². The standard InChI is InChI=1S/C16H16N2O5S2/c1-10(19)17-12-6-11-4-2-3-5-14(11)18(8-12)25(22,23)13-7-15(16(20)21)24-9-13/h2-5,7,9,12H,6,8H2,1H3,(H,17,19)(H,20,21). The second-order valence-electron chi connectivity index (χ2n) is 5.72. The Kier molecular flexibility index (Phi) is 4.53. The lowest BCUT2D eigenvalue weighted by atomic mass is 10.00. The van der Waals surface area contributed by atoms with Crippen molar-refractivity contribution in [3.63, 3.8) is 0 Å². The van der Waals surface area contributed by atoms with E-state index in [1.165, 1.54) is 16.6 Å². The fourth-order valence-electron chi connectivity index (χ4n) is 2.86. The maximum Gasteiger partial charge on any atom is 0.345 e. The smallest absolute Gasteiger partial charge is 0.345 e. The third-order valence-corrected chi connectivity index (χ3v) is 6.72. The van der Waals surface area contributed by atoms with Gasteiger partial charge in [0, 0.05) is 12.3 Å². The molecule has 1 amide bonds. The number of nitrogens with zero attached hydrogens (tertiary/aromatic N) is 1. The van der Waals surface area contributed by atoms with Gasteiger partial charge in [-0.2, -0.15) is 0 Å². The summed E-state index contributed by atoms with van der Waals surface area (Å²) in [6, 6.07) is 7.90. The molecule has 0 spiro atoms.